The second kappa shape index (κ2) is 9.75. The third-order valence-corrected chi connectivity index (χ3v) is 6.10. The SMILES string of the molecule is CN1CCC[C@@]2(C(=O)NCc3nnc(N)s3)CCN(C(=O)CO)C[C@H]12.O=CO. The van der Waals surface area contributed by atoms with Crippen molar-refractivity contribution in [3.05, 3.63) is 5.01 Å². The fourth-order valence-corrected chi connectivity index (χ4v) is 4.55. The average Bonchev–Trinajstić information content (AvgIpc) is 3.11. The zero-order valence-electron chi connectivity index (χ0n) is 15.7. The molecule has 2 atom stereocenters. The van der Waals surface area contributed by atoms with Crippen LogP contribution in [0.3, 0.4) is 0 Å². The topological polar surface area (TPSA) is 162 Å². The fourth-order valence-electron chi connectivity index (χ4n) is 4.00. The Labute approximate surface area is 166 Å². The number of hydrogen-bond acceptors (Lipinski definition) is 9. The largest absolute Gasteiger partial charge is 0.483 e. The maximum Gasteiger partial charge on any atom is 0.290 e. The number of piperidine rings is 2. The van der Waals surface area contributed by atoms with E-state index in [0.29, 0.717) is 36.2 Å². The molecule has 156 valence electrons. The van der Waals surface area contributed by atoms with Gasteiger partial charge in [-0.05, 0) is 32.9 Å². The summed E-state index contributed by atoms with van der Waals surface area (Å²) < 4.78 is 0. The highest BCUT2D eigenvalue weighted by molar-refractivity contribution is 7.15. The average molecular weight is 414 g/mol. The number of nitrogen functional groups attached to an aromatic ring is 1. The zero-order valence-corrected chi connectivity index (χ0v) is 16.5. The molecular formula is C16H26N6O5S. The highest BCUT2D eigenvalue weighted by Gasteiger charge is 2.52. The molecule has 28 heavy (non-hydrogen) atoms. The van der Waals surface area contributed by atoms with Crippen molar-refractivity contribution in [2.24, 2.45) is 5.41 Å². The normalized spacial score (nSPS) is 24.5. The number of likely N-dealkylation sites (N-methyl/N-ethyl adjacent to an activating group) is 1. The van der Waals surface area contributed by atoms with E-state index in [1.54, 1.807) is 4.90 Å². The number of rotatable bonds is 4. The first-order valence-electron chi connectivity index (χ1n) is 8.90. The Morgan fingerprint density at radius 3 is 2.71 bits per heavy atom. The number of anilines is 1. The van der Waals surface area contributed by atoms with Crippen LogP contribution in [0.5, 0.6) is 0 Å². The lowest BCUT2D eigenvalue weighted by Gasteiger charge is -2.53. The van der Waals surface area contributed by atoms with Gasteiger partial charge in [-0.2, -0.15) is 0 Å². The summed E-state index contributed by atoms with van der Waals surface area (Å²) in [4.78, 5) is 37.1. The highest BCUT2D eigenvalue weighted by Crippen LogP contribution is 2.42. The van der Waals surface area contributed by atoms with E-state index >= 15 is 0 Å². The van der Waals surface area contributed by atoms with Crippen LogP contribution in [0.15, 0.2) is 0 Å². The highest BCUT2D eigenvalue weighted by atomic mass is 32.1. The summed E-state index contributed by atoms with van der Waals surface area (Å²) in [7, 11) is 1.99. The standard InChI is InChI=1S/C15H24N6O3S.CH2O2/c1-20-5-2-3-15(4-6-21(8-10(15)20)12(23)9-22)13(24)17-7-11-18-19-14(16)25-11;2-1-3/h10,22H,2-9H2,1H3,(H2,16,19)(H,17,24);1H,(H,2,3)/t10-,15+;/m0./s1. The number of aromatic nitrogens is 2. The number of carboxylic acid groups (broad SMARTS) is 1. The fraction of sp³-hybridized carbons (Fsp3) is 0.688. The van der Waals surface area contributed by atoms with Crippen LogP contribution in [0.1, 0.15) is 24.3 Å². The molecule has 0 bridgehead atoms. The number of nitrogens with two attached hydrogens (primary N) is 1. The Bertz CT molecular complexity index is 701. The van der Waals surface area contributed by atoms with Gasteiger partial charge < -0.3 is 31.1 Å². The summed E-state index contributed by atoms with van der Waals surface area (Å²) in [6.45, 7) is 1.42. The van der Waals surface area contributed by atoms with Gasteiger partial charge in [0.15, 0.2) is 0 Å². The van der Waals surface area contributed by atoms with Crippen LogP contribution in [0.2, 0.25) is 0 Å². The number of aliphatic hydroxyl groups excluding tert-OH is 1. The van der Waals surface area contributed by atoms with Crippen LogP contribution in [0, 0.1) is 5.41 Å². The number of hydrogen-bond donors (Lipinski definition) is 4. The summed E-state index contributed by atoms with van der Waals surface area (Å²) in [5, 5.41) is 27.8. The molecule has 11 nitrogen and oxygen atoms in total. The van der Waals surface area contributed by atoms with Gasteiger partial charge in [0, 0.05) is 19.1 Å². The van der Waals surface area contributed by atoms with E-state index in [-0.39, 0.29) is 24.3 Å². The monoisotopic (exact) mass is 414 g/mol. The van der Waals surface area contributed by atoms with E-state index in [1.807, 2.05) is 7.05 Å². The van der Waals surface area contributed by atoms with Gasteiger partial charge in [0.1, 0.15) is 11.6 Å². The Kier molecular flexibility index (Phi) is 7.66. The maximum atomic E-state index is 13.1. The number of likely N-dealkylation sites (tertiary alicyclic amines) is 2. The predicted octanol–water partition coefficient (Wildman–Crippen LogP) is -1.26. The molecule has 1 aromatic heterocycles. The molecule has 2 aliphatic heterocycles. The van der Waals surface area contributed by atoms with Crippen LogP contribution >= 0.6 is 11.3 Å². The van der Waals surface area contributed by atoms with Gasteiger partial charge in [-0.1, -0.05) is 11.3 Å². The molecule has 2 fully saturated rings. The van der Waals surface area contributed by atoms with Crippen molar-refractivity contribution in [2.45, 2.75) is 31.8 Å². The Balaban J connectivity index is 0.000000878. The zero-order chi connectivity index (χ0) is 20.7. The molecule has 2 aliphatic rings. The molecule has 0 radical (unpaired) electrons. The van der Waals surface area contributed by atoms with Gasteiger partial charge in [0.05, 0.1) is 12.0 Å². The minimum Gasteiger partial charge on any atom is -0.483 e. The minimum atomic E-state index is -0.518. The number of amides is 2. The maximum absolute atomic E-state index is 13.1. The molecule has 12 heteroatoms. The smallest absolute Gasteiger partial charge is 0.290 e. The number of nitrogens with one attached hydrogen (secondary N) is 1. The third kappa shape index (κ3) is 4.75. The Hall–Kier alpha value is -2.31. The van der Waals surface area contributed by atoms with Crippen molar-refractivity contribution in [1.29, 1.82) is 0 Å². The number of carbonyl (C=O) groups excluding carboxylic acids is 2. The van der Waals surface area contributed by atoms with E-state index < -0.39 is 12.0 Å². The van der Waals surface area contributed by atoms with Gasteiger partial charge in [-0.15, -0.1) is 10.2 Å². The first-order chi connectivity index (χ1) is 13.4. The van der Waals surface area contributed by atoms with Crippen molar-refractivity contribution in [3.8, 4) is 0 Å². The number of carbonyl (C=O) groups is 3. The molecule has 2 amide bonds. The van der Waals surface area contributed by atoms with Crippen LogP contribution in [-0.2, 0) is 20.9 Å². The van der Waals surface area contributed by atoms with Crippen LogP contribution in [0.25, 0.3) is 0 Å². The molecule has 3 heterocycles. The summed E-state index contributed by atoms with van der Waals surface area (Å²) >= 11 is 1.26. The number of fused-ring (bicyclic) bond motifs is 1. The number of nitrogens with zero attached hydrogens (tertiary/aromatic N) is 4. The number of aliphatic hydroxyl groups is 1. The Morgan fingerprint density at radius 1 is 1.39 bits per heavy atom. The quantitative estimate of drug-likeness (QED) is 0.441. The first-order valence-corrected chi connectivity index (χ1v) is 9.72. The molecule has 0 unspecified atom stereocenters. The van der Waals surface area contributed by atoms with Gasteiger partial charge in [0.2, 0.25) is 16.9 Å². The first kappa shape index (κ1) is 22.0. The third-order valence-electron chi connectivity index (χ3n) is 5.35. The molecule has 3 rings (SSSR count). The van der Waals surface area contributed by atoms with Crippen molar-refractivity contribution < 1.29 is 24.6 Å². The lowest BCUT2D eigenvalue weighted by molar-refractivity contribution is -0.151. The van der Waals surface area contributed by atoms with Crippen molar-refractivity contribution in [1.82, 2.24) is 25.3 Å². The van der Waals surface area contributed by atoms with E-state index in [9.17, 15) is 9.59 Å². The van der Waals surface area contributed by atoms with Gasteiger partial charge in [0.25, 0.3) is 6.47 Å². The molecule has 0 aromatic carbocycles. The van der Waals surface area contributed by atoms with Gasteiger partial charge in [-0.3, -0.25) is 14.4 Å². The van der Waals surface area contributed by atoms with Crippen LogP contribution in [-0.4, -0.2) is 87.8 Å². The summed E-state index contributed by atoms with van der Waals surface area (Å²) in [5.41, 5.74) is 5.06. The van der Waals surface area contributed by atoms with E-state index in [1.165, 1.54) is 11.3 Å². The Morgan fingerprint density at radius 2 is 2.11 bits per heavy atom. The van der Waals surface area contributed by atoms with E-state index in [0.717, 1.165) is 19.4 Å². The van der Waals surface area contributed by atoms with Crippen molar-refractivity contribution in [2.75, 3.05) is 39.0 Å². The van der Waals surface area contributed by atoms with E-state index in [4.69, 9.17) is 20.7 Å². The summed E-state index contributed by atoms with van der Waals surface area (Å²) in [6, 6.07) is -0.0509. The summed E-state index contributed by atoms with van der Waals surface area (Å²) in [5.74, 6) is -0.286. The molecular weight excluding hydrogens is 388 g/mol. The van der Waals surface area contributed by atoms with Crippen LogP contribution in [0.4, 0.5) is 5.13 Å². The second-order valence-electron chi connectivity index (χ2n) is 6.83. The van der Waals surface area contributed by atoms with Crippen molar-refractivity contribution >= 4 is 34.8 Å². The summed E-state index contributed by atoms with van der Waals surface area (Å²) in [6.07, 6.45) is 2.34. The molecule has 0 aliphatic carbocycles. The molecule has 5 N–H and O–H groups in total. The van der Waals surface area contributed by atoms with Gasteiger partial charge in [-0.25, -0.2) is 0 Å². The molecule has 0 saturated carbocycles. The van der Waals surface area contributed by atoms with Gasteiger partial charge >= 0.3 is 0 Å². The molecule has 2 saturated heterocycles. The van der Waals surface area contributed by atoms with E-state index in [2.05, 4.69) is 20.4 Å². The van der Waals surface area contributed by atoms with Crippen LogP contribution < -0.4 is 11.1 Å². The minimum absolute atomic E-state index is 0.00563. The lowest BCUT2D eigenvalue weighted by atomic mass is 9.67. The predicted molar refractivity (Wildman–Crippen MR) is 101 cm³/mol. The molecule has 1 aromatic rings. The second-order valence-corrected chi connectivity index (χ2v) is 7.92. The van der Waals surface area contributed by atoms with Crippen molar-refractivity contribution in [3.63, 3.8) is 0 Å². The lowest BCUT2D eigenvalue weighted by Crippen LogP contribution is -2.65. The molecule has 0 spiro atoms.